The Hall–Kier alpha value is -3.37. The van der Waals surface area contributed by atoms with E-state index in [0.29, 0.717) is 43.9 Å². The van der Waals surface area contributed by atoms with Gasteiger partial charge in [-0.3, -0.25) is 4.68 Å². The van der Waals surface area contributed by atoms with E-state index in [0.717, 1.165) is 57.7 Å². The molecule has 1 saturated heterocycles. The summed E-state index contributed by atoms with van der Waals surface area (Å²) in [4.78, 5) is 25.4. The van der Waals surface area contributed by atoms with Crippen LogP contribution in [0.3, 0.4) is 0 Å². The zero-order chi connectivity index (χ0) is 34.8. The number of nitrogens with zero attached hydrogens (tertiary/aromatic N) is 5. The number of hydrogen-bond donors (Lipinski definition) is 1. The first-order valence-corrected chi connectivity index (χ1v) is 17.1. The Morgan fingerprint density at radius 2 is 1.85 bits per heavy atom. The quantitative estimate of drug-likeness (QED) is 0.187. The molecule has 1 atom stereocenters. The summed E-state index contributed by atoms with van der Waals surface area (Å²) < 4.78 is 32.7. The van der Waals surface area contributed by atoms with Gasteiger partial charge in [-0.15, -0.1) is 11.3 Å². The molecule has 46 heavy (non-hydrogen) atoms. The lowest BCUT2D eigenvalue weighted by molar-refractivity contribution is -0.160. The highest BCUT2D eigenvalue weighted by atomic mass is 35.5. The molecule has 1 saturated carbocycles. The lowest BCUT2D eigenvalue weighted by Gasteiger charge is -2.41. The average molecular weight is 661 g/mol. The molecule has 240 valence electrons. The number of likely N-dealkylation sites (tertiary alicyclic amines) is 1. The van der Waals surface area contributed by atoms with E-state index >= 15 is 0 Å². The van der Waals surface area contributed by atoms with Crippen LogP contribution in [0.1, 0.15) is 85.8 Å². The number of thiazole rings is 1. The zero-order valence-electron chi connectivity index (χ0n) is 29.5. The van der Waals surface area contributed by atoms with Crippen molar-refractivity contribution in [2.45, 2.75) is 83.5 Å². The molecule has 1 aliphatic carbocycles. The summed E-state index contributed by atoms with van der Waals surface area (Å²) in [5, 5.41) is 16.3. The molecule has 2 aliphatic rings. The number of hydrogen-bond acceptors (Lipinski definition) is 7. The van der Waals surface area contributed by atoms with Gasteiger partial charge in [-0.25, -0.2) is 14.8 Å². The number of rotatable bonds is 7. The van der Waals surface area contributed by atoms with Crippen molar-refractivity contribution in [1.29, 1.82) is 0 Å². The molecule has 3 aromatic heterocycles. The van der Waals surface area contributed by atoms with Gasteiger partial charge in [-0.05, 0) is 108 Å². The van der Waals surface area contributed by atoms with Gasteiger partial charge >= 0.3 is 5.97 Å². The second-order valence-electron chi connectivity index (χ2n) is 13.6. The van der Waals surface area contributed by atoms with Crippen LogP contribution in [-0.2, 0) is 16.5 Å². The molecule has 0 amide bonds. The van der Waals surface area contributed by atoms with Crippen molar-refractivity contribution in [3.63, 3.8) is 0 Å². The molecule has 5 aromatic rings. The Balaban J connectivity index is 1.36. The monoisotopic (exact) mass is 660 g/mol. The Kier molecular flexibility index (Phi) is 7.24. The van der Waals surface area contributed by atoms with E-state index in [2.05, 4.69) is 4.90 Å². The van der Waals surface area contributed by atoms with E-state index in [1.54, 1.807) is 24.3 Å². The van der Waals surface area contributed by atoms with Crippen LogP contribution in [0.4, 0.5) is 0 Å². The van der Waals surface area contributed by atoms with Crippen LogP contribution in [0.5, 0.6) is 0 Å². The van der Waals surface area contributed by atoms with E-state index < -0.39 is 24.7 Å². The van der Waals surface area contributed by atoms with Crippen molar-refractivity contribution in [2.75, 3.05) is 13.1 Å². The fourth-order valence-corrected chi connectivity index (χ4v) is 8.07. The van der Waals surface area contributed by atoms with E-state index in [1.165, 1.54) is 30.6 Å². The number of pyridine rings is 1. The van der Waals surface area contributed by atoms with Crippen LogP contribution in [0, 0.1) is 6.92 Å². The first-order valence-electron chi connectivity index (χ1n) is 17.4. The number of fused-ring (bicyclic) bond motifs is 2. The molecule has 0 spiro atoms. The number of halogens is 1. The van der Waals surface area contributed by atoms with Crippen molar-refractivity contribution in [1.82, 2.24) is 24.6 Å². The number of aromatic nitrogens is 4. The topological polar surface area (TPSA) is 93.4 Å². The molecule has 1 aliphatic heterocycles. The van der Waals surface area contributed by atoms with Gasteiger partial charge in [-0.2, -0.15) is 5.10 Å². The number of aliphatic carboxylic acids is 1. The SMILES string of the molecule is [2H]C([2H])([2H])n1nc(C2CCN(C3CCC3)CC2)c2nc(-c3nc4cc(C)c([C@H](OC(C)(C)C)C(=O)O)c(-c5ccc(Cl)cc5)c4s3)ccc21. The predicted molar refractivity (Wildman–Crippen MR) is 185 cm³/mol. The first kappa shape index (κ1) is 27.7. The van der Waals surface area contributed by atoms with Gasteiger partial charge in [0.25, 0.3) is 0 Å². The fraction of sp³-hybridized carbons (Fsp3) is 0.444. The summed E-state index contributed by atoms with van der Waals surface area (Å²) in [5.41, 5.74) is 5.21. The molecular formula is C36H40ClN5O3S. The maximum absolute atomic E-state index is 12.7. The number of benzene rings is 2. The number of ether oxygens (including phenoxy) is 1. The average Bonchev–Trinajstić information content (AvgIpc) is 3.60. The van der Waals surface area contributed by atoms with Gasteiger partial charge in [0, 0.05) is 39.2 Å². The van der Waals surface area contributed by atoms with Gasteiger partial charge in [0.1, 0.15) is 10.5 Å². The third-order valence-corrected chi connectivity index (χ3v) is 10.7. The minimum Gasteiger partial charge on any atom is -0.479 e. The van der Waals surface area contributed by atoms with Gasteiger partial charge in [-0.1, -0.05) is 30.2 Å². The lowest BCUT2D eigenvalue weighted by atomic mass is 9.86. The molecule has 0 radical (unpaired) electrons. The van der Waals surface area contributed by atoms with E-state index in [9.17, 15) is 9.90 Å². The minimum absolute atomic E-state index is 0.109. The Morgan fingerprint density at radius 3 is 2.48 bits per heavy atom. The van der Waals surface area contributed by atoms with E-state index in [4.69, 9.17) is 35.5 Å². The highest BCUT2D eigenvalue weighted by Crippen LogP contribution is 2.45. The summed E-state index contributed by atoms with van der Waals surface area (Å²) in [7, 11) is 0. The van der Waals surface area contributed by atoms with Crippen molar-refractivity contribution in [3.05, 3.63) is 64.3 Å². The number of aryl methyl sites for hydroxylation is 2. The summed E-state index contributed by atoms with van der Waals surface area (Å²) in [6.07, 6.45) is 4.41. The van der Waals surface area contributed by atoms with Crippen LogP contribution >= 0.6 is 22.9 Å². The maximum Gasteiger partial charge on any atom is 0.337 e. The largest absolute Gasteiger partial charge is 0.479 e. The molecule has 4 heterocycles. The second kappa shape index (κ2) is 12.0. The molecule has 1 N–H and O–H groups in total. The summed E-state index contributed by atoms with van der Waals surface area (Å²) in [5.74, 6) is -0.972. The van der Waals surface area contributed by atoms with Crippen LogP contribution in [-0.4, -0.2) is 60.5 Å². The highest BCUT2D eigenvalue weighted by Gasteiger charge is 2.33. The zero-order valence-corrected chi connectivity index (χ0v) is 28.1. The van der Waals surface area contributed by atoms with Gasteiger partial charge in [0.05, 0.1) is 32.7 Å². The molecule has 2 fully saturated rings. The maximum atomic E-state index is 12.7. The molecule has 8 nitrogen and oxygen atoms in total. The summed E-state index contributed by atoms with van der Waals surface area (Å²) in [6, 6.07) is 13.5. The lowest BCUT2D eigenvalue weighted by Crippen LogP contribution is -2.44. The standard InChI is InChI=1S/C36H40ClN5O3S/c1-20-19-26-33(29(21-9-11-23(37)12-10-21)28(20)32(35(43)44)45-36(2,3)4)46-34(39-26)25-13-14-27-31(38-25)30(40-41(27)5)22-15-17-42(18-16-22)24-7-6-8-24/h9-14,19,22,24,32H,6-8,15-18H2,1-5H3,(H,43,44)/t32-/m0/s1/i5D3. The van der Waals surface area contributed by atoms with Gasteiger partial charge in [0.15, 0.2) is 6.10 Å². The van der Waals surface area contributed by atoms with Crippen LogP contribution in [0.15, 0.2) is 42.5 Å². The highest BCUT2D eigenvalue weighted by molar-refractivity contribution is 7.22. The predicted octanol–water partition coefficient (Wildman–Crippen LogP) is 8.55. The number of piperidine rings is 1. The summed E-state index contributed by atoms with van der Waals surface area (Å²) >= 11 is 7.69. The van der Waals surface area contributed by atoms with E-state index in [1.807, 2.05) is 45.9 Å². The number of carbonyl (C=O) groups is 1. The van der Waals surface area contributed by atoms with Crippen LogP contribution in [0.2, 0.25) is 5.02 Å². The summed E-state index contributed by atoms with van der Waals surface area (Å²) in [6.45, 7) is 6.90. The smallest absolute Gasteiger partial charge is 0.337 e. The van der Waals surface area contributed by atoms with Crippen LogP contribution < -0.4 is 0 Å². The minimum atomic E-state index is -2.45. The van der Waals surface area contributed by atoms with Gasteiger partial charge < -0.3 is 14.7 Å². The second-order valence-corrected chi connectivity index (χ2v) is 15.0. The third-order valence-electron chi connectivity index (χ3n) is 9.30. The van der Waals surface area contributed by atoms with Crippen LogP contribution in [0.25, 0.3) is 43.1 Å². The third kappa shape index (κ3) is 5.83. The van der Waals surface area contributed by atoms with Crippen molar-refractivity contribution in [2.24, 2.45) is 6.98 Å². The Bertz CT molecular complexity index is 2040. The molecule has 7 rings (SSSR count). The number of carboxylic acid groups (broad SMARTS) is 1. The van der Waals surface area contributed by atoms with Crippen molar-refractivity contribution >= 4 is 50.2 Å². The van der Waals surface area contributed by atoms with E-state index in [-0.39, 0.29) is 5.92 Å². The number of carboxylic acids is 1. The van der Waals surface area contributed by atoms with Crippen molar-refractivity contribution in [3.8, 4) is 21.8 Å². The fourth-order valence-electron chi connectivity index (χ4n) is 6.85. The molecule has 2 aromatic carbocycles. The molecular weight excluding hydrogens is 618 g/mol. The first-order chi connectivity index (χ1) is 23.2. The normalized spacial score (nSPS) is 18.8. The Labute approximate surface area is 282 Å². The van der Waals surface area contributed by atoms with Gasteiger partial charge in [0.2, 0.25) is 0 Å². The van der Waals surface area contributed by atoms with Crippen molar-refractivity contribution < 1.29 is 18.8 Å². The Morgan fingerprint density at radius 1 is 1.11 bits per heavy atom. The molecule has 10 heteroatoms. The molecule has 0 bridgehead atoms. The molecule has 0 unspecified atom stereocenters.